The first-order chi connectivity index (χ1) is 5.20. The molecule has 4 unspecified atom stereocenters. The Hall–Kier alpha value is 0.0649. The Morgan fingerprint density at radius 2 is 1.27 bits per heavy atom. The second-order valence-corrected chi connectivity index (χ2v) is 4.33. The molecule has 4 atom stereocenters. The molecular weight excluding hydrogens is 131 g/mol. The molecular formula is C10H21B. The minimum Gasteiger partial charge on any atom is -0.0691 e. The topological polar surface area (TPSA) is 0 Å². The van der Waals surface area contributed by atoms with Gasteiger partial charge in [-0.2, -0.15) is 0 Å². The van der Waals surface area contributed by atoms with Crippen LogP contribution < -0.4 is 0 Å². The van der Waals surface area contributed by atoms with Crippen LogP contribution in [0.25, 0.3) is 0 Å². The van der Waals surface area contributed by atoms with Crippen molar-refractivity contribution < 1.29 is 0 Å². The zero-order chi connectivity index (χ0) is 8.43. The molecule has 1 saturated heterocycles. The van der Waals surface area contributed by atoms with Gasteiger partial charge in [0.25, 0.3) is 0 Å². The summed E-state index contributed by atoms with van der Waals surface area (Å²) in [7, 11) is 1.47. The molecule has 0 nitrogen and oxygen atoms in total. The average molecular weight is 152 g/mol. The third-order valence-corrected chi connectivity index (χ3v) is 3.70. The fourth-order valence-electron chi connectivity index (χ4n) is 3.19. The smallest absolute Gasteiger partial charge is 0.0691 e. The number of hydrogen-bond donors (Lipinski definition) is 0. The normalized spacial score (nSPS) is 44.0. The molecule has 0 aromatic rings. The third-order valence-electron chi connectivity index (χ3n) is 3.70. The third kappa shape index (κ3) is 1.63. The Bertz CT molecular complexity index is 108. The van der Waals surface area contributed by atoms with Crippen molar-refractivity contribution in [2.24, 2.45) is 11.8 Å². The molecule has 0 aliphatic carbocycles. The standard InChI is InChI=1S/C10H21B/c1-5-9-7(3)11-8(4)10(9)6-2/h7-11H,5-6H2,1-4H3. The first-order valence-electron chi connectivity index (χ1n) is 5.20. The maximum Gasteiger partial charge on any atom is 0.127 e. The molecule has 1 rings (SSSR count). The van der Waals surface area contributed by atoms with E-state index in [0.29, 0.717) is 0 Å². The molecule has 0 radical (unpaired) electrons. The zero-order valence-corrected chi connectivity index (χ0v) is 8.43. The van der Waals surface area contributed by atoms with Crippen LogP contribution in [-0.4, -0.2) is 7.28 Å². The summed E-state index contributed by atoms with van der Waals surface area (Å²) >= 11 is 0. The van der Waals surface area contributed by atoms with E-state index in [1.807, 2.05) is 0 Å². The molecule has 0 saturated carbocycles. The molecule has 1 heterocycles. The second-order valence-electron chi connectivity index (χ2n) is 4.33. The van der Waals surface area contributed by atoms with Crippen LogP contribution in [-0.2, 0) is 0 Å². The molecule has 0 bridgehead atoms. The summed E-state index contributed by atoms with van der Waals surface area (Å²) in [6.07, 6.45) is 2.79. The van der Waals surface area contributed by atoms with Crippen LogP contribution in [0.15, 0.2) is 0 Å². The minimum absolute atomic E-state index is 0.986. The summed E-state index contributed by atoms with van der Waals surface area (Å²) in [5.74, 6) is 4.02. The van der Waals surface area contributed by atoms with Gasteiger partial charge in [-0.1, -0.05) is 52.2 Å². The Labute approximate surface area is 72.0 Å². The highest BCUT2D eigenvalue weighted by Crippen LogP contribution is 2.45. The van der Waals surface area contributed by atoms with Crippen LogP contribution in [0.5, 0.6) is 0 Å². The maximum atomic E-state index is 2.43. The first kappa shape index (κ1) is 9.16. The van der Waals surface area contributed by atoms with Gasteiger partial charge in [0.05, 0.1) is 0 Å². The van der Waals surface area contributed by atoms with Crippen LogP contribution in [0.3, 0.4) is 0 Å². The summed E-state index contributed by atoms with van der Waals surface area (Å²) in [5, 5.41) is 0. The molecule has 1 aliphatic rings. The SMILES string of the molecule is CCC1C(C)BC(C)C1CC. The van der Waals surface area contributed by atoms with Gasteiger partial charge in [0.2, 0.25) is 0 Å². The van der Waals surface area contributed by atoms with Gasteiger partial charge >= 0.3 is 0 Å². The lowest BCUT2D eigenvalue weighted by atomic mass is 9.60. The largest absolute Gasteiger partial charge is 0.127 e. The van der Waals surface area contributed by atoms with E-state index < -0.39 is 0 Å². The molecule has 1 aliphatic heterocycles. The Morgan fingerprint density at radius 1 is 0.909 bits per heavy atom. The predicted octanol–water partition coefficient (Wildman–Crippen LogP) is 3.11. The predicted molar refractivity (Wildman–Crippen MR) is 53.6 cm³/mol. The van der Waals surface area contributed by atoms with Crippen molar-refractivity contribution in [3.63, 3.8) is 0 Å². The van der Waals surface area contributed by atoms with Crippen molar-refractivity contribution in [2.45, 2.75) is 52.2 Å². The van der Waals surface area contributed by atoms with E-state index in [0.717, 1.165) is 23.5 Å². The van der Waals surface area contributed by atoms with Crippen molar-refractivity contribution in [3.05, 3.63) is 0 Å². The zero-order valence-electron chi connectivity index (χ0n) is 8.43. The monoisotopic (exact) mass is 152 g/mol. The fourth-order valence-corrected chi connectivity index (χ4v) is 3.19. The van der Waals surface area contributed by atoms with Crippen molar-refractivity contribution in [1.29, 1.82) is 0 Å². The van der Waals surface area contributed by atoms with Gasteiger partial charge in [-0.05, 0) is 11.8 Å². The summed E-state index contributed by atoms with van der Waals surface area (Å²) in [6, 6.07) is 0. The van der Waals surface area contributed by atoms with Gasteiger partial charge in [0.15, 0.2) is 0 Å². The van der Waals surface area contributed by atoms with E-state index in [-0.39, 0.29) is 0 Å². The van der Waals surface area contributed by atoms with Crippen LogP contribution >= 0.6 is 0 Å². The highest BCUT2D eigenvalue weighted by atomic mass is 14.3. The molecule has 0 spiro atoms. The van der Waals surface area contributed by atoms with Gasteiger partial charge in [-0.15, -0.1) is 0 Å². The van der Waals surface area contributed by atoms with Crippen molar-refractivity contribution in [2.75, 3.05) is 0 Å². The Morgan fingerprint density at radius 3 is 1.55 bits per heavy atom. The minimum atomic E-state index is 0.986. The molecule has 0 aromatic heterocycles. The van der Waals surface area contributed by atoms with E-state index in [4.69, 9.17) is 0 Å². The lowest BCUT2D eigenvalue weighted by molar-refractivity contribution is 0.328. The highest BCUT2D eigenvalue weighted by molar-refractivity contribution is 6.40. The molecule has 1 fully saturated rings. The van der Waals surface area contributed by atoms with Crippen molar-refractivity contribution in [1.82, 2.24) is 0 Å². The quantitative estimate of drug-likeness (QED) is 0.533. The lowest BCUT2D eigenvalue weighted by Gasteiger charge is -2.22. The van der Waals surface area contributed by atoms with Gasteiger partial charge in [-0.3, -0.25) is 0 Å². The van der Waals surface area contributed by atoms with E-state index >= 15 is 0 Å². The molecule has 64 valence electrons. The molecule has 1 heteroatoms. The molecule has 0 aromatic carbocycles. The van der Waals surface area contributed by atoms with Crippen LogP contribution in [0, 0.1) is 11.8 Å². The van der Waals surface area contributed by atoms with E-state index in [2.05, 4.69) is 27.7 Å². The van der Waals surface area contributed by atoms with E-state index in [1.165, 1.54) is 20.1 Å². The molecule has 0 amide bonds. The summed E-state index contributed by atoms with van der Waals surface area (Å²) in [4.78, 5) is 0. The van der Waals surface area contributed by atoms with Crippen LogP contribution in [0.2, 0.25) is 11.6 Å². The van der Waals surface area contributed by atoms with Crippen LogP contribution in [0.4, 0.5) is 0 Å². The summed E-state index contributed by atoms with van der Waals surface area (Å²) in [5.41, 5.74) is 0. The van der Waals surface area contributed by atoms with E-state index in [9.17, 15) is 0 Å². The summed E-state index contributed by atoms with van der Waals surface area (Å²) < 4.78 is 0. The fraction of sp³-hybridized carbons (Fsp3) is 1.00. The molecule has 0 N–H and O–H groups in total. The van der Waals surface area contributed by atoms with Gasteiger partial charge in [-0.25, -0.2) is 0 Å². The Balaban J connectivity index is 2.59. The first-order valence-corrected chi connectivity index (χ1v) is 5.20. The van der Waals surface area contributed by atoms with Gasteiger partial charge in [0, 0.05) is 0 Å². The highest BCUT2D eigenvalue weighted by Gasteiger charge is 2.36. The number of hydrogen-bond acceptors (Lipinski definition) is 0. The molecule has 11 heavy (non-hydrogen) atoms. The lowest BCUT2D eigenvalue weighted by Crippen LogP contribution is -2.09. The second kappa shape index (κ2) is 3.64. The average Bonchev–Trinajstić information content (AvgIpc) is 2.24. The summed E-state index contributed by atoms with van der Waals surface area (Å²) in [6.45, 7) is 9.56. The van der Waals surface area contributed by atoms with Crippen LogP contribution in [0.1, 0.15) is 40.5 Å². The van der Waals surface area contributed by atoms with Crippen molar-refractivity contribution >= 4 is 7.28 Å². The maximum absolute atomic E-state index is 2.43. The van der Waals surface area contributed by atoms with Gasteiger partial charge in [0.1, 0.15) is 7.28 Å². The Kier molecular flexibility index (Phi) is 3.03. The van der Waals surface area contributed by atoms with E-state index in [1.54, 1.807) is 0 Å². The van der Waals surface area contributed by atoms with Gasteiger partial charge < -0.3 is 0 Å². The van der Waals surface area contributed by atoms with Crippen molar-refractivity contribution in [3.8, 4) is 0 Å². The number of rotatable bonds is 2.